The Labute approximate surface area is 286 Å². The van der Waals surface area contributed by atoms with Gasteiger partial charge in [0, 0.05) is 46.8 Å². The third kappa shape index (κ3) is 5.79. The number of benzene rings is 2. The van der Waals surface area contributed by atoms with Crippen LogP contribution < -0.4 is 14.4 Å². The van der Waals surface area contributed by atoms with Crippen LogP contribution in [0.2, 0.25) is 5.02 Å². The molecule has 0 radical (unpaired) electrons. The van der Waals surface area contributed by atoms with E-state index in [2.05, 4.69) is 20.7 Å². The minimum Gasteiger partial charge on any atom is -0.490 e. The van der Waals surface area contributed by atoms with E-state index in [4.69, 9.17) is 16.3 Å². The van der Waals surface area contributed by atoms with Crippen LogP contribution in [-0.4, -0.2) is 49.4 Å². The highest BCUT2D eigenvalue weighted by Gasteiger charge is 2.49. The van der Waals surface area contributed by atoms with Gasteiger partial charge in [0.2, 0.25) is 10.0 Å². The van der Waals surface area contributed by atoms with Crippen molar-refractivity contribution >= 4 is 33.2 Å². The highest BCUT2D eigenvalue weighted by molar-refractivity contribution is 7.90. The second kappa shape index (κ2) is 12.4. The molecule has 3 aromatic rings. The molecule has 1 saturated carbocycles. The standard InChI is InChI=1S/C37H41ClFN3O5S/c1-23-5-3-15-37(44,31-13-16-40-19-32(31)39)30-10-7-27(30)20-42-21-36(14-4-6-25-17-28(38)9-11-29(25)36)22-47-34-12-8-26(18-33(34)42)35(43)41-48(45,46)24(23)2/h3,8-9,11-13,15-19,23-24,27,30,44H,4-7,10,14,20-22H2,1-2H3,(H,41,43)/b15-3+/t23-,24+,27-,30+,36-,37+/m0/s1. The number of aromatic nitrogens is 1. The molecule has 7 rings (SSSR count). The van der Waals surface area contributed by atoms with Gasteiger partial charge in [-0.25, -0.2) is 17.5 Å². The molecular formula is C37H41ClFN3O5S. The van der Waals surface area contributed by atoms with Gasteiger partial charge in [-0.15, -0.1) is 0 Å². The summed E-state index contributed by atoms with van der Waals surface area (Å²) in [6, 6.07) is 12.6. The fourth-order valence-corrected chi connectivity index (χ4v) is 9.74. The van der Waals surface area contributed by atoms with E-state index >= 15 is 4.39 Å². The Morgan fingerprint density at radius 2 is 1.96 bits per heavy atom. The van der Waals surface area contributed by atoms with Gasteiger partial charge in [0.15, 0.2) is 0 Å². The van der Waals surface area contributed by atoms with E-state index in [1.807, 2.05) is 12.1 Å². The Morgan fingerprint density at radius 3 is 2.73 bits per heavy atom. The maximum absolute atomic E-state index is 15.4. The van der Waals surface area contributed by atoms with E-state index in [1.54, 1.807) is 44.2 Å². The van der Waals surface area contributed by atoms with Crippen LogP contribution in [-0.2, 0) is 27.5 Å². The first-order chi connectivity index (χ1) is 22.9. The van der Waals surface area contributed by atoms with Crippen molar-refractivity contribution in [2.45, 2.75) is 68.6 Å². The maximum Gasteiger partial charge on any atom is 0.264 e. The molecule has 3 heterocycles. The first-order valence-electron chi connectivity index (χ1n) is 16.8. The number of amides is 1. The van der Waals surface area contributed by atoms with Crippen molar-refractivity contribution in [3.8, 4) is 5.75 Å². The van der Waals surface area contributed by atoms with Gasteiger partial charge in [0.25, 0.3) is 5.91 Å². The van der Waals surface area contributed by atoms with Gasteiger partial charge in [-0.2, -0.15) is 0 Å². The second-order valence-corrected chi connectivity index (χ2v) is 16.7. The van der Waals surface area contributed by atoms with E-state index in [0.717, 1.165) is 31.9 Å². The molecule has 11 heteroatoms. The van der Waals surface area contributed by atoms with E-state index in [-0.39, 0.29) is 28.4 Å². The number of fused-ring (bicyclic) bond motifs is 4. The molecule has 0 saturated heterocycles. The third-order valence-corrected chi connectivity index (χ3v) is 13.5. The average Bonchev–Trinajstić information content (AvgIpc) is 3.18. The number of hydrogen-bond acceptors (Lipinski definition) is 7. The molecule has 4 aliphatic rings. The lowest BCUT2D eigenvalue weighted by Gasteiger charge is -2.49. The van der Waals surface area contributed by atoms with Crippen LogP contribution in [0.3, 0.4) is 0 Å². The van der Waals surface area contributed by atoms with Crippen LogP contribution in [0.4, 0.5) is 10.1 Å². The molecule has 1 amide bonds. The molecule has 2 aliphatic heterocycles. The second-order valence-electron chi connectivity index (χ2n) is 14.2. The lowest BCUT2D eigenvalue weighted by molar-refractivity contribution is -0.0522. The fraction of sp³-hybridized carbons (Fsp3) is 0.459. The Balaban J connectivity index is 1.36. The number of carbonyl (C=O) groups excluding carboxylic acids is 1. The van der Waals surface area contributed by atoms with E-state index in [1.165, 1.54) is 23.4 Å². The molecule has 2 aliphatic carbocycles. The monoisotopic (exact) mass is 693 g/mol. The van der Waals surface area contributed by atoms with E-state index < -0.39 is 38.5 Å². The van der Waals surface area contributed by atoms with Gasteiger partial charge in [-0.05, 0) is 105 Å². The summed E-state index contributed by atoms with van der Waals surface area (Å²) < 4.78 is 51.1. The zero-order valence-corrected chi connectivity index (χ0v) is 28.7. The minimum atomic E-state index is -4.05. The number of pyridine rings is 1. The molecule has 48 heavy (non-hydrogen) atoms. The van der Waals surface area contributed by atoms with Gasteiger partial charge in [0.1, 0.15) is 17.2 Å². The van der Waals surface area contributed by atoms with Crippen LogP contribution in [0.5, 0.6) is 5.75 Å². The number of hydrogen-bond donors (Lipinski definition) is 2. The minimum absolute atomic E-state index is 0.0226. The number of ether oxygens (including phenoxy) is 1. The normalized spacial score (nSPS) is 32.1. The van der Waals surface area contributed by atoms with Crippen LogP contribution in [0, 0.1) is 23.6 Å². The van der Waals surface area contributed by atoms with Crippen LogP contribution >= 0.6 is 11.6 Å². The summed E-state index contributed by atoms with van der Waals surface area (Å²) in [6.07, 6.45) is 10.6. The SMILES string of the molecule is C[C@@H]1[C@@H](C)C/C=C/[C@](O)(c2ccncc2F)[C@@H]2CC[C@H]2CN2C[C@@]3(CCCc4cc(Cl)ccc43)COc3ccc(cc32)C(=O)NS1(=O)=O. The number of aliphatic hydroxyl groups is 1. The van der Waals surface area contributed by atoms with Crippen molar-refractivity contribution in [3.05, 3.63) is 100 Å². The summed E-state index contributed by atoms with van der Waals surface area (Å²) in [6.45, 7) is 4.86. The van der Waals surface area contributed by atoms with Gasteiger partial charge >= 0.3 is 0 Å². The molecule has 0 unspecified atom stereocenters. The number of halogens is 2. The maximum atomic E-state index is 15.4. The molecule has 254 valence electrons. The Bertz CT molecular complexity index is 1890. The van der Waals surface area contributed by atoms with Crippen molar-refractivity contribution in [2.75, 3.05) is 24.6 Å². The molecule has 2 aromatic carbocycles. The number of allylic oxidation sites excluding steroid dienone is 1. The summed E-state index contributed by atoms with van der Waals surface area (Å²) in [4.78, 5) is 19.6. The first-order valence-corrected chi connectivity index (χ1v) is 18.7. The highest BCUT2D eigenvalue weighted by atomic mass is 35.5. The van der Waals surface area contributed by atoms with Crippen molar-refractivity contribution in [3.63, 3.8) is 0 Å². The topological polar surface area (TPSA) is 109 Å². The highest BCUT2D eigenvalue weighted by Crippen LogP contribution is 2.51. The number of aryl methyl sites for hydroxylation is 1. The van der Waals surface area contributed by atoms with E-state index in [0.29, 0.717) is 49.0 Å². The molecule has 6 atom stereocenters. The first kappa shape index (κ1) is 33.0. The lowest BCUT2D eigenvalue weighted by atomic mass is 9.62. The number of nitrogens with one attached hydrogen (secondary N) is 1. The quantitative estimate of drug-likeness (QED) is 0.288. The number of carbonyl (C=O) groups is 1. The zero-order valence-electron chi connectivity index (χ0n) is 27.2. The lowest BCUT2D eigenvalue weighted by Crippen LogP contribution is -2.51. The zero-order chi connectivity index (χ0) is 33.8. The third-order valence-electron chi connectivity index (χ3n) is 11.3. The largest absolute Gasteiger partial charge is 0.490 e. The Hall–Kier alpha value is -3.47. The average molecular weight is 694 g/mol. The van der Waals surface area contributed by atoms with Crippen LogP contribution in [0.1, 0.15) is 73.0 Å². The van der Waals surface area contributed by atoms with Crippen LogP contribution in [0.15, 0.2) is 67.0 Å². The molecular weight excluding hydrogens is 653 g/mol. The van der Waals surface area contributed by atoms with Crippen LogP contribution in [0.25, 0.3) is 0 Å². The summed E-state index contributed by atoms with van der Waals surface area (Å²) in [7, 11) is -4.05. The summed E-state index contributed by atoms with van der Waals surface area (Å²) >= 11 is 6.42. The number of anilines is 1. The number of rotatable bonds is 1. The predicted octanol–water partition coefficient (Wildman–Crippen LogP) is 6.31. The molecule has 8 nitrogen and oxygen atoms in total. The predicted molar refractivity (Wildman–Crippen MR) is 183 cm³/mol. The van der Waals surface area contributed by atoms with Crippen molar-refractivity contribution in [2.24, 2.45) is 17.8 Å². The van der Waals surface area contributed by atoms with Gasteiger partial charge in [-0.1, -0.05) is 36.7 Å². The summed E-state index contributed by atoms with van der Waals surface area (Å²) in [5.74, 6) is -1.43. The summed E-state index contributed by atoms with van der Waals surface area (Å²) in [5, 5.41) is 12.2. The Kier molecular flexibility index (Phi) is 8.57. The molecule has 2 bridgehead atoms. The fourth-order valence-electron chi connectivity index (χ4n) is 8.26. The summed E-state index contributed by atoms with van der Waals surface area (Å²) in [5.41, 5.74) is 1.43. The Morgan fingerprint density at radius 1 is 1.12 bits per heavy atom. The van der Waals surface area contributed by atoms with Crippen molar-refractivity contribution in [1.29, 1.82) is 0 Å². The van der Waals surface area contributed by atoms with E-state index in [9.17, 15) is 18.3 Å². The van der Waals surface area contributed by atoms with Crippen molar-refractivity contribution < 1.29 is 27.4 Å². The number of sulfonamides is 1. The molecule has 1 aromatic heterocycles. The molecule has 1 fully saturated rings. The van der Waals surface area contributed by atoms with Crippen molar-refractivity contribution in [1.82, 2.24) is 9.71 Å². The van der Waals surface area contributed by atoms with Gasteiger partial charge in [-0.3, -0.25) is 9.78 Å². The number of nitrogens with zero attached hydrogens (tertiary/aromatic N) is 2. The molecule has 1 spiro atoms. The molecule has 2 N–H and O–H groups in total. The van der Waals surface area contributed by atoms with Gasteiger partial charge < -0.3 is 14.7 Å². The smallest absolute Gasteiger partial charge is 0.264 e. The van der Waals surface area contributed by atoms with Gasteiger partial charge in [0.05, 0.1) is 23.7 Å².